The molecule has 4 rings (SSSR count). The summed E-state index contributed by atoms with van der Waals surface area (Å²) in [7, 11) is 0. The van der Waals surface area contributed by atoms with Crippen LogP contribution < -0.4 is 0 Å². The van der Waals surface area contributed by atoms with Gasteiger partial charge in [-0.2, -0.15) is 0 Å². The molecule has 2 aromatic carbocycles. The van der Waals surface area contributed by atoms with Crippen molar-refractivity contribution in [3.05, 3.63) is 78.1 Å². The van der Waals surface area contributed by atoms with Gasteiger partial charge < -0.3 is 4.90 Å². The molecule has 1 aromatic heterocycles. The zero-order valence-corrected chi connectivity index (χ0v) is 14.5. The first-order valence-electron chi connectivity index (χ1n) is 8.95. The van der Waals surface area contributed by atoms with E-state index in [1.807, 2.05) is 42.5 Å². The highest BCUT2D eigenvalue weighted by Crippen LogP contribution is 2.24. The van der Waals surface area contributed by atoms with Crippen molar-refractivity contribution in [1.82, 2.24) is 9.88 Å². The van der Waals surface area contributed by atoms with Crippen molar-refractivity contribution in [2.75, 3.05) is 13.1 Å². The molecule has 0 radical (unpaired) electrons. The van der Waals surface area contributed by atoms with Gasteiger partial charge in [0.15, 0.2) is 5.78 Å². The molecule has 1 aliphatic heterocycles. The quantitative estimate of drug-likeness (QED) is 0.676. The zero-order chi connectivity index (χ0) is 17.9. The lowest BCUT2D eigenvalue weighted by molar-refractivity contribution is 0.0637. The first-order chi connectivity index (χ1) is 12.7. The monoisotopic (exact) mass is 344 g/mol. The van der Waals surface area contributed by atoms with Gasteiger partial charge in [-0.15, -0.1) is 0 Å². The second-order valence-electron chi connectivity index (χ2n) is 6.75. The van der Waals surface area contributed by atoms with Crippen LogP contribution in [0.15, 0.2) is 67.0 Å². The Kier molecular flexibility index (Phi) is 4.48. The third kappa shape index (κ3) is 3.23. The largest absolute Gasteiger partial charge is 0.338 e. The Labute approximate surface area is 152 Å². The summed E-state index contributed by atoms with van der Waals surface area (Å²) in [4.78, 5) is 31.4. The van der Waals surface area contributed by atoms with E-state index in [9.17, 15) is 9.59 Å². The molecular weight excluding hydrogens is 324 g/mol. The fraction of sp³-hybridized carbons (Fsp3) is 0.227. The Morgan fingerprint density at radius 1 is 0.923 bits per heavy atom. The van der Waals surface area contributed by atoms with Crippen LogP contribution >= 0.6 is 0 Å². The summed E-state index contributed by atoms with van der Waals surface area (Å²) in [6.45, 7) is 1.18. The molecule has 0 aliphatic carbocycles. The first-order valence-corrected chi connectivity index (χ1v) is 8.95. The summed E-state index contributed by atoms with van der Waals surface area (Å²) in [5.74, 6) is -0.0397. The van der Waals surface area contributed by atoms with Crippen LogP contribution in [0.5, 0.6) is 0 Å². The minimum Gasteiger partial charge on any atom is -0.338 e. The Morgan fingerprint density at radius 3 is 2.50 bits per heavy atom. The predicted molar refractivity (Wildman–Crippen MR) is 101 cm³/mol. The summed E-state index contributed by atoms with van der Waals surface area (Å²) in [6.07, 6.45) is 4.91. The molecule has 4 nitrogen and oxygen atoms in total. The number of likely N-dealkylation sites (tertiary alicyclic amines) is 1. The maximum atomic E-state index is 13.0. The number of hydrogen-bond donors (Lipinski definition) is 0. The van der Waals surface area contributed by atoms with E-state index in [0.29, 0.717) is 18.7 Å². The molecule has 1 aliphatic rings. The van der Waals surface area contributed by atoms with E-state index < -0.39 is 0 Å². The molecule has 2 heterocycles. The van der Waals surface area contributed by atoms with Crippen LogP contribution in [0.3, 0.4) is 0 Å². The fourth-order valence-corrected chi connectivity index (χ4v) is 3.63. The molecule has 1 atom stereocenters. The summed E-state index contributed by atoms with van der Waals surface area (Å²) < 4.78 is 0. The highest BCUT2D eigenvalue weighted by Gasteiger charge is 2.29. The van der Waals surface area contributed by atoms with Gasteiger partial charge in [0.2, 0.25) is 0 Å². The van der Waals surface area contributed by atoms with E-state index in [-0.39, 0.29) is 17.6 Å². The number of piperidine rings is 1. The molecule has 1 fully saturated rings. The van der Waals surface area contributed by atoms with E-state index in [2.05, 4.69) is 4.98 Å². The fourth-order valence-electron chi connectivity index (χ4n) is 3.63. The number of Topliss-reactive ketones (excluding diaryl/α,β-unsaturated/α-hetero) is 1. The van der Waals surface area contributed by atoms with E-state index in [0.717, 1.165) is 29.2 Å². The number of carbonyl (C=O) groups is 2. The van der Waals surface area contributed by atoms with Crippen molar-refractivity contribution in [2.45, 2.75) is 12.8 Å². The molecule has 0 spiro atoms. The van der Waals surface area contributed by atoms with Gasteiger partial charge in [-0.1, -0.05) is 36.4 Å². The average molecular weight is 344 g/mol. The maximum Gasteiger partial charge on any atom is 0.253 e. The highest BCUT2D eigenvalue weighted by atomic mass is 16.2. The van der Waals surface area contributed by atoms with Crippen LogP contribution in [0.25, 0.3) is 10.8 Å². The minimum atomic E-state index is -0.143. The van der Waals surface area contributed by atoms with Gasteiger partial charge in [0.05, 0.1) is 0 Å². The number of pyridine rings is 1. The molecule has 1 saturated heterocycles. The van der Waals surface area contributed by atoms with E-state index >= 15 is 0 Å². The summed E-state index contributed by atoms with van der Waals surface area (Å²) >= 11 is 0. The smallest absolute Gasteiger partial charge is 0.253 e. The second kappa shape index (κ2) is 7.08. The standard InChI is InChI=1S/C22H20N2O2/c25-21(19-8-7-16-4-1-2-5-18(16)14-19)20-6-3-13-24(15-20)22(26)17-9-11-23-12-10-17/h1-2,4-5,7-12,14,20H,3,6,13,15H2/t20-/m0/s1. The van der Waals surface area contributed by atoms with E-state index in [1.165, 1.54) is 0 Å². The van der Waals surface area contributed by atoms with E-state index in [4.69, 9.17) is 0 Å². The van der Waals surface area contributed by atoms with Crippen molar-refractivity contribution in [1.29, 1.82) is 0 Å². The molecule has 26 heavy (non-hydrogen) atoms. The van der Waals surface area contributed by atoms with Gasteiger partial charge in [-0.05, 0) is 41.8 Å². The van der Waals surface area contributed by atoms with Crippen molar-refractivity contribution in [2.24, 2.45) is 5.92 Å². The molecule has 0 bridgehead atoms. The van der Waals surface area contributed by atoms with Gasteiger partial charge >= 0.3 is 0 Å². The molecule has 0 saturated carbocycles. The molecule has 0 N–H and O–H groups in total. The number of aromatic nitrogens is 1. The summed E-state index contributed by atoms with van der Waals surface area (Å²) in [5, 5.41) is 2.20. The number of fused-ring (bicyclic) bond motifs is 1. The molecule has 1 amide bonds. The molecule has 0 unspecified atom stereocenters. The van der Waals surface area contributed by atoms with Crippen LogP contribution in [-0.2, 0) is 0 Å². The van der Waals surface area contributed by atoms with Crippen LogP contribution in [0, 0.1) is 5.92 Å². The van der Waals surface area contributed by atoms with Crippen molar-refractivity contribution in [3.8, 4) is 0 Å². The minimum absolute atomic E-state index is 0.0246. The van der Waals surface area contributed by atoms with Gasteiger partial charge in [0.25, 0.3) is 5.91 Å². The average Bonchev–Trinajstić information content (AvgIpc) is 2.73. The van der Waals surface area contributed by atoms with E-state index in [1.54, 1.807) is 29.4 Å². The number of rotatable bonds is 3. The lowest BCUT2D eigenvalue weighted by atomic mass is 9.89. The zero-order valence-electron chi connectivity index (χ0n) is 14.5. The number of benzene rings is 2. The van der Waals surface area contributed by atoms with Crippen molar-refractivity contribution < 1.29 is 9.59 Å². The van der Waals surface area contributed by atoms with Crippen molar-refractivity contribution >= 4 is 22.5 Å². The SMILES string of the molecule is O=C(c1ccc2ccccc2c1)[C@H]1CCCN(C(=O)c2ccncc2)C1. The van der Waals surface area contributed by atoms with Gasteiger partial charge in [0.1, 0.15) is 0 Å². The Morgan fingerprint density at radius 2 is 1.69 bits per heavy atom. The van der Waals surface area contributed by atoms with Gasteiger partial charge in [-0.25, -0.2) is 0 Å². The lowest BCUT2D eigenvalue weighted by Crippen LogP contribution is -2.42. The number of hydrogen-bond acceptors (Lipinski definition) is 3. The number of carbonyl (C=O) groups excluding carboxylic acids is 2. The molecule has 3 aromatic rings. The van der Waals surface area contributed by atoms with Crippen LogP contribution in [0.2, 0.25) is 0 Å². The molecular formula is C22H20N2O2. The van der Waals surface area contributed by atoms with Gasteiger partial charge in [0, 0.05) is 42.5 Å². The van der Waals surface area contributed by atoms with Gasteiger partial charge in [-0.3, -0.25) is 14.6 Å². The Balaban J connectivity index is 1.53. The molecule has 130 valence electrons. The third-order valence-corrected chi connectivity index (χ3v) is 5.04. The third-order valence-electron chi connectivity index (χ3n) is 5.04. The predicted octanol–water partition coefficient (Wildman–Crippen LogP) is 3.97. The molecule has 4 heteroatoms. The summed E-state index contributed by atoms with van der Waals surface area (Å²) in [6, 6.07) is 17.3. The van der Waals surface area contributed by atoms with Crippen LogP contribution in [0.1, 0.15) is 33.6 Å². The second-order valence-corrected chi connectivity index (χ2v) is 6.75. The number of amides is 1. The van der Waals surface area contributed by atoms with Crippen LogP contribution in [-0.4, -0.2) is 34.7 Å². The number of ketones is 1. The topological polar surface area (TPSA) is 50.3 Å². The number of nitrogens with zero attached hydrogens (tertiary/aromatic N) is 2. The van der Waals surface area contributed by atoms with Crippen molar-refractivity contribution in [3.63, 3.8) is 0 Å². The Hall–Kier alpha value is -3.01. The maximum absolute atomic E-state index is 13.0. The van der Waals surface area contributed by atoms with Crippen LogP contribution in [0.4, 0.5) is 0 Å². The summed E-state index contributed by atoms with van der Waals surface area (Å²) in [5.41, 5.74) is 1.35. The highest BCUT2D eigenvalue weighted by molar-refractivity contribution is 6.02. The lowest BCUT2D eigenvalue weighted by Gasteiger charge is -2.32. The Bertz CT molecular complexity index is 953. The first kappa shape index (κ1) is 16.5. The normalized spacial score (nSPS) is 17.2.